The number of carbonyl (C=O) groups is 1. The number of rotatable bonds is 3. The van der Waals surface area contributed by atoms with E-state index >= 15 is 0 Å². The number of ether oxygens (including phenoxy) is 1. The summed E-state index contributed by atoms with van der Waals surface area (Å²) in [5.41, 5.74) is 1.18. The van der Waals surface area contributed by atoms with Crippen LogP contribution in [-0.4, -0.2) is 5.97 Å². The van der Waals surface area contributed by atoms with E-state index in [0.717, 1.165) is 5.56 Å². The van der Waals surface area contributed by atoms with E-state index in [1.54, 1.807) is 19.1 Å². The maximum atomic E-state index is 14.2. The summed E-state index contributed by atoms with van der Waals surface area (Å²) >= 11 is 0. The maximum absolute atomic E-state index is 14.2. The molecule has 2 rings (SSSR count). The summed E-state index contributed by atoms with van der Waals surface area (Å²) in [4.78, 5) is 11.2. The van der Waals surface area contributed by atoms with E-state index in [-0.39, 0.29) is 12.2 Å². The molecule has 0 aliphatic rings. The number of halogens is 1. The van der Waals surface area contributed by atoms with Crippen molar-refractivity contribution in [3.63, 3.8) is 0 Å². The highest BCUT2D eigenvalue weighted by molar-refractivity contribution is 5.73. The van der Waals surface area contributed by atoms with E-state index in [9.17, 15) is 9.18 Å². The second-order valence-electron chi connectivity index (χ2n) is 3.81. The predicted molar refractivity (Wildman–Crippen MR) is 67.8 cm³/mol. The number of hydrogen-bond acceptors (Lipinski definition) is 2. The SMILES string of the molecule is CCC(=O)Oc1cccc(-c2ccccc2)c1F. The molecular formula is C15H13FO2. The molecule has 2 nitrogen and oxygen atoms in total. The highest BCUT2D eigenvalue weighted by Crippen LogP contribution is 2.29. The van der Waals surface area contributed by atoms with Crippen molar-refractivity contribution in [1.82, 2.24) is 0 Å². The Morgan fingerprint density at radius 3 is 2.50 bits per heavy atom. The fraction of sp³-hybridized carbons (Fsp3) is 0.133. The van der Waals surface area contributed by atoms with Gasteiger partial charge in [0.05, 0.1) is 0 Å². The first kappa shape index (κ1) is 12.3. The average molecular weight is 244 g/mol. The molecule has 0 saturated heterocycles. The lowest BCUT2D eigenvalue weighted by Gasteiger charge is -2.08. The summed E-state index contributed by atoms with van der Waals surface area (Å²) in [5.74, 6) is -0.979. The van der Waals surface area contributed by atoms with E-state index in [0.29, 0.717) is 5.56 Å². The second kappa shape index (κ2) is 5.45. The Balaban J connectivity index is 2.39. The first-order valence-electron chi connectivity index (χ1n) is 5.77. The van der Waals surface area contributed by atoms with Crippen molar-refractivity contribution in [2.75, 3.05) is 0 Å². The maximum Gasteiger partial charge on any atom is 0.310 e. The molecule has 0 aliphatic heterocycles. The molecule has 0 aromatic heterocycles. The van der Waals surface area contributed by atoms with Crippen molar-refractivity contribution in [2.45, 2.75) is 13.3 Å². The van der Waals surface area contributed by atoms with Crippen LogP contribution in [0.2, 0.25) is 0 Å². The van der Waals surface area contributed by atoms with Crippen LogP contribution in [-0.2, 0) is 4.79 Å². The Morgan fingerprint density at radius 2 is 1.83 bits per heavy atom. The van der Waals surface area contributed by atoms with E-state index in [1.165, 1.54) is 6.07 Å². The largest absolute Gasteiger partial charge is 0.423 e. The van der Waals surface area contributed by atoms with Gasteiger partial charge < -0.3 is 4.74 Å². The van der Waals surface area contributed by atoms with Crippen LogP contribution < -0.4 is 4.74 Å². The Labute approximate surface area is 105 Å². The van der Waals surface area contributed by atoms with Gasteiger partial charge in [-0.1, -0.05) is 49.4 Å². The van der Waals surface area contributed by atoms with Gasteiger partial charge in [0.1, 0.15) is 0 Å². The third kappa shape index (κ3) is 2.56. The van der Waals surface area contributed by atoms with Gasteiger partial charge in [0.25, 0.3) is 0 Å². The fourth-order valence-electron chi connectivity index (χ4n) is 1.63. The second-order valence-corrected chi connectivity index (χ2v) is 3.81. The van der Waals surface area contributed by atoms with Crippen molar-refractivity contribution in [3.8, 4) is 16.9 Å². The lowest BCUT2D eigenvalue weighted by atomic mass is 10.1. The molecule has 0 saturated carbocycles. The average Bonchev–Trinajstić information content (AvgIpc) is 2.42. The normalized spacial score (nSPS) is 10.1. The molecule has 0 radical (unpaired) electrons. The van der Waals surface area contributed by atoms with Crippen LogP contribution >= 0.6 is 0 Å². The quantitative estimate of drug-likeness (QED) is 0.606. The Hall–Kier alpha value is -2.16. The molecule has 0 spiro atoms. The lowest BCUT2D eigenvalue weighted by molar-refractivity contribution is -0.134. The van der Waals surface area contributed by atoms with Crippen LogP contribution in [0.1, 0.15) is 13.3 Å². The fourth-order valence-corrected chi connectivity index (χ4v) is 1.63. The summed E-state index contributed by atoms with van der Waals surface area (Å²) in [5, 5.41) is 0. The van der Waals surface area contributed by atoms with Crippen molar-refractivity contribution in [1.29, 1.82) is 0 Å². The van der Waals surface area contributed by atoms with Crippen LogP contribution in [0.25, 0.3) is 11.1 Å². The molecule has 92 valence electrons. The Kier molecular flexibility index (Phi) is 3.72. The molecule has 0 heterocycles. The third-order valence-corrected chi connectivity index (χ3v) is 2.56. The number of carbonyl (C=O) groups excluding carboxylic acids is 1. The van der Waals surface area contributed by atoms with E-state index in [2.05, 4.69) is 0 Å². The minimum absolute atomic E-state index is 0.0248. The summed E-state index contributed by atoms with van der Waals surface area (Å²) < 4.78 is 19.1. The van der Waals surface area contributed by atoms with E-state index < -0.39 is 11.8 Å². The molecule has 0 bridgehead atoms. The topological polar surface area (TPSA) is 26.3 Å². The number of hydrogen-bond donors (Lipinski definition) is 0. The monoisotopic (exact) mass is 244 g/mol. The molecule has 2 aromatic rings. The summed E-state index contributed by atoms with van der Waals surface area (Å²) in [6.07, 6.45) is 0.217. The van der Waals surface area contributed by atoms with Crippen molar-refractivity contribution < 1.29 is 13.9 Å². The Bertz CT molecular complexity index is 550. The summed E-state index contributed by atoms with van der Waals surface area (Å²) in [6.45, 7) is 1.67. The standard InChI is InChI=1S/C15H13FO2/c1-2-14(17)18-13-10-6-9-12(15(13)16)11-7-4-3-5-8-11/h3-10H,2H2,1H3. The zero-order chi connectivity index (χ0) is 13.0. The van der Waals surface area contributed by atoms with Gasteiger partial charge in [0.15, 0.2) is 11.6 Å². The van der Waals surface area contributed by atoms with Gasteiger partial charge >= 0.3 is 5.97 Å². The van der Waals surface area contributed by atoms with Gasteiger partial charge in [0, 0.05) is 12.0 Å². The molecular weight excluding hydrogens is 231 g/mol. The third-order valence-electron chi connectivity index (χ3n) is 2.56. The van der Waals surface area contributed by atoms with Crippen LogP contribution in [0, 0.1) is 5.82 Å². The van der Waals surface area contributed by atoms with Gasteiger partial charge in [-0.15, -0.1) is 0 Å². The van der Waals surface area contributed by atoms with Crippen LogP contribution in [0.15, 0.2) is 48.5 Å². The van der Waals surface area contributed by atoms with Gasteiger partial charge in [-0.05, 0) is 11.6 Å². The van der Waals surface area contributed by atoms with Gasteiger partial charge in [-0.25, -0.2) is 4.39 Å². The molecule has 0 fully saturated rings. The van der Waals surface area contributed by atoms with Crippen LogP contribution in [0.5, 0.6) is 5.75 Å². The number of benzene rings is 2. The van der Waals surface area contributed by atoms with Crippen molar-refractivity contribution in [3.05, 3.63) is 54.3 Å². The first-order valence-corrected chi connectivity index (χ1v) is 5.77. The molecule has 18 heavy (non-hydrogen) atoms. The molecule has 0 atom stereocenters. The molecule has 0 N–H and O–H groups in total. The van der Waals surface area contributed by atoms with E-state index in [1.807, 2.05) is 30.3 Å². The highest BCUT2D eigenvalue weighted by Gasteiger charge is 2.12. The minimum atomic E-state index is -0.509. The minimum Gasteiger partial charge on any atom is -0.423 e. The summed E-state index contributed by atoms with van der Waals surface area (Å²) in [7, 11) is 0. The van der Waals surface area contributed by atoms with Crippen LogP contribution in [0.4, 0.5) is 4.39 Å². The molecule has 2 aromatic carbocycles. The van der Waals surface area contributed by atoms with Crippen LogP contribution in [0.3, 0.4) is 0 Å². The van der Waals surface area contributed by atoms with Gasteiger partial charge in [-0.2, -0.15) is 0 Å². The predicted octanol–water partition coefficient (Wildman–Crippen LogP) is 3.81. The van der Waals surface area contributed by atoms with Crippen molar-refractivity contribution in [2.24, 2.45) is 0 Å². The highest BCUT2D eigenvalue weighted by atomic mass is 19.1. The first-order chi connectivity index (χ1) is 8.72. The van der Waals surface area contributed by atoms with Gasteiger partial charge in [0.2, 0.25) is 0 Å². The van der Waals surface area contributed by atoms with E-state index in [4.69, 9.17) is 4.74 Å². The Morgan fingerprint density at radius 1 is 1.11 bits per heavy atom. The molecule has 0 aliphatic carbocycles. The van der Waals surface area contributed by atoms with Crippen molar-refractivity contribution >= 4 is 5.97 Å². The van der Waals surface area contributed by atoms with Gasteiger partial charge in [-0.3, -0.25) is 4.79 Å². The zero-order valence-electron chi connectivity index (χ0n) is 10.0. The molecule has 3 heteroatoms. The smallest absolute Gasteiger partial charge is 0.310 e. The zero-order valence-corrected chi connectivity index (χ0v) is 10.0. The summed E-state index contributed by atoms with van der Waals surface area (Å²) in [6, 6.07) is 13.9. The lowest BCUT2D eigenvalue weighted by Crippen LogP contribution is -2.07. The molecule has 0 unspecified atom stereocenters. The number of esters is 1. The molecule has 0 amide bonds.